The summed E-state index contributed by atoms with van der Waals surface area (Å²) in [5.74, 6) is 0.0695. The van der Waals surface area contributed by atoms with Crippen molar-refractivity contribution >= 4 is 5.78 Å². The first kappa shape index (κ1) is 15.1. The molecule has 0 N–H and O–H groups in total. The van der Waals surface area contributed by atoms with E-state index in [0.717, 1.165) is 6.07 Å². The number of methoxy groups -OCH3 is 1. The number of rotatable bonds is 3. The van der Waals surface area contributed by atoms with Crippen LogP contribution in [-0.2, 0) is 6.18 Å². The molecule has 0 amide bonds. The lowest BCUT2D eigenvalue weighted by molar-refractivity contribution is -0.137. The van der Waals surface area contributed by atoms with Crippen molar-refractivity contribution in [3.8, 4) is 16.9 Å². The molecular formula is C16H13F3O2. The van der Waals surface area contributed by atoms with Crippen LogP contribution in [0.15, 0.2) is 42.5 Å². The lowest BCUT2D eigenvalue weighted by atomic mass is 9.96. The summed E-state index contributed by atoms with van der Waals surface area (Å²) in [5.41, 5.74) is -0.185. The van der Waals surface area contributed by atoms with Crippen LogP contribution < -0.4 is 4.74 Å². The van der Waals surface area contributed by atoms with Gasteiger partial charge in [-0.1, -0.05) is 18.2 Å². The van der Waals surface area contributed by atoms with E-state index in [-0.39, 0.29) is 22.7 Å². The van der Waals surface area contributed by atoms with Crippen LogP contribution in [0.1, 0.15) is 22.8 Å². The van der Waals surface area contributed by atoms with Crippen molar-refractivity contribution in [2.24, 2.45) is 0 Å². The number of alkyl halides is 3. The van der Waals surface area contributed by atoms with E-state index in [1.807, 2.05) is 0 Å². The predicted octanol–water partition coefficient (Wildman–Crippen LogP) is 4.58. The van der Waals surface area contributed by atoms with E-state index in [0.29, 0.717) is 5.56 Å². The highest BCUT2D eigenvalue weighted by atomic mass is 19.4. The minimum absolute atomic E-state index is 0.00931. The zero-order valence-electron chi connectivity index (χ0n) is 11.5. The molecule has 0 fully saturated rings. The van der Waals surface area contributed by atoms with E-state index in [1.54, 1.807) is 0 Å². The average Bonchev–Trinajstić information content (AvgIpc) is 2.45. The van der Waals surface area contributed by atoms with Crippen LogP contribution in [0.4, 0.5) is 13.2 Å². The minimum atomic E-state index is -4.48. The Labute approximate surface area is 120 Å². The molecule has 0 aliphatic carbocycles. The Morgan fingerprint density at radius 2 is 1.71 bits per heavy atom. The minimum Gasteiger partial charge on any atom is -0.496 e. The van der Waals surface area contributed by atoms with E-state index in [2.05, 4.69) is 0 Å². The van der Waals surface area contributed by atoms with Crippen molar-refractivity contribution in [1.29, 1.82) is 0 Å². The summed E-state index contributed by atoms with van der Waals surface area (Å²) in [5, 5.41) is 0. The van der Waals surface area contributed by atoms with E-state index in [9.17, 15) is 18.0 Å². The lowest BCUT2D eigenvalue weighted by Gasteiger charge is -2.15. The standard InChI is InChI=1S/C16H13F3O2/c1-10(20)11-7-8-15(21-2)13(9-11)12-5-3-4-6-14(12)16(17,18)19/h3-9H,1-2H3. The van der Waals surface area contributed by atoms with Gasteiger partial charge in [0.05, 0.1) is 12.7 Å². The van der Waals surface area contributed by atoms with Crippen LogP contribution in [-0.4, -0.2) is 12.9 Å². The number of ether oxygens (including phenoxy) is 1. The van der Waals surface area contributed by atoms with Gasteiger partial charge in [0.25, 0.3) is 0 Å². The quantitative estimate of drug-likeness (QED) is 0.774. The molecule has 0 heterocycles. The zero-order valence-corrected chi connectivity index (χ0v) is 11.5. The van der Waals surface area contributed by atoms with Crippen molar-refractivity contribution in [3.05, 3.63) is 53.6 Å². The normalized spacial score (nSPS) is 11.3. The molecular weight excluding hydrogens is 281 g/mol. The van der Waals surface area contributed by atoms with Crippen LogP contribution in [0, 0.1) is 0 Å². The van der Waals surface area contributed by atoms with E-state index < -0.39 is 11.7 Å². The molecule has 2 nitrogen and oxygen atoms in total. The Morgan fingerprint density at radius 3 is 2.29 bits per heavy atom. The molecule has 0 aromatic heterocycles. The third kappa shape index (κ3) is 3.07. The maximum Gasteiger partial charge on any atom is 0.417 e. The summed E-state index contributed by atoms with van der Waals surface area (Å²) in [4.78, 5) is 11.4. The second-order valence-corrected chi connectivity index (χ2v) is 4.51. The molecule has 5 heteroatoms. The summed E-state index contributed by atoms with van der Waals surface area (Å²) in [6.07, 6.45) is -4.48. The van der Waals surface area contributed by atoms with Gasteiger partial charge in [0.1, 0.15) is 5.75 Å². The van der Waals surface area contributed by atoms with Gasteiger partial charge in [0.15, 0.2) is 5.78 Å². The monoisotopic (exact) mass is 294 g/mol. The molecule has 0 saturated heterocycles. The summed E-state index contributed by atoms with van der Waals surface area (Å²) in [6, 6.07) is 9.67. The number of Topliss-reactive ketones (excluding diaryl/α,β-unsaturated/α-hetero) is 1. The first-order valence-corrected chi connectivity index (χ1v) is 6.20. The number of hydrogen-bond donors (Lipinski definition) is 0. The van der Waals surface area contributed by atoms with Gasteiger partial charge in [-0.05, 0) is 36.8 Å². The van der Waals surface area contributed by atoms with Gasteiger partial charge < -0.3 is 4.74 Å². The molecule has 0 aliphatic heterocycles. The fourth-order valence-electron chi connectivity index (χ4n) is 2.10. The number of ketones is 1. The molecule has 110 valence electrons. The summed E-state index contributed by atoms with van der Waals surface area (Å²) in [7, 11) is 1.38. The van der Waals surface area contributed by atoms with Gasteiger partial charge in [-0.3, -0.25) is 4.79 Å². The second-order valence-electron chi connectivity index (χ2n) is 4.51. The van der Waals surface area contributed by atoms with Crippen molar-refractivity contribution in [2.75, 3.05) is 7.11 Å². The van der Waals surface area contributed by atoms with Gasteiger partial charge in [-0.25, -0.2) is 0 Å². The van der Waals surface area contributed by atoms with E-state index >= 15 is 0 Å². The summed E-state index contributed by atoms with van der Waals surface area (Å²) in [6.45, 7) is 1.36. The number of carbonyl (C=O) groups is 1. The Bertz CT molecular complexity index is 675. The van der Waals surface area contributed by atoms with Crippen LogP contribution in [0.5, 0.6) is 5.75 Å². The zero-order chi connectivity index (χ0) is 15.6. The molecule has 0 spiro atoms. The molecule has 0 atom stereocenters. The summed E-state index contributed by atoms with van der Waals surface area (Å²) >= 11 is 0. The van der Waals surface area contributed by atoms with Crippen molar-refractivity contribution in [3.63, 3.8) is 0 Å². The van der Waals surface area contributed by atoms with E-state index in [4.69, 9.17) is 4.74 Å². The smallest absolute Gasteiger partial charge is 0.417 e. The molecule has 0 bridgehead atoms. The Kier molecular flexibility index (Phi) is 4.02. The van der Waals surface area contributed by atoms with Crippen LogP contribution in [0.2, 0.25) is 0 Å². The molecule has 0 saturated carbocycles. The maximum absolute atomic E-state index is 13.1. The number of benzene rings is 2. The van der Waals surface area contributed by atoms with Crippen LogP contribution in [0.25, 0.3) is 11.1 Å². The van der Waals surface area contributed by atoms with Gasteiger partial charge in [0.2, 0.25) is 0 Å². The third-order valence-electron chi connectivity index (χ3n) is 3.13. The Hall–Kier alpha value is -2.30. The SMILES string of the molecule is COc1ccc(C(C)=O)cc1-c1ccccc1C(F)(F)F. The van der Waals surface area contributed by atoms with E-state index in [1.165, 1.54) is 50.4 Å². The summed E-state index contributed by atoms with van der Waals surface area (Å²) < 4.78 is 44.5. The second kappa shape index (κ2) is 5.60. The fourth-order valence-corrected chi connectivity index (χ4v) is 2.10. The van der Waals surface area contributed by atoms with Gasteiger partial charge in [-0.2, -0.15) is 13.2 Å². The molecule has 21 heavy (non-hydrogen) atoms. The largest absolute Gasteiger partial charge is 0.496 e. The van der Waals surface area contributed by atoms with Crippen LogP contribution >= 0.6 is 0 Å². The first-order valence-electron chi connectivity index (χ1n) is 6.20. The van der Waals surface area contributed by atoms with Crippen LogP contribution in [0.3, 0.4) is 0 Å². The van der Waals surface area contributed by atoms with Gasteiger partial charge in [-0.15, -0.1) is 0 Å². The molecule has 2 aromatic carbocycles. The maximum atomic E-state index is 13.1. The highest BCUT2D eigenvalue weighted by Gasteiger charge is 2.34. The average molecular weight is 294 g/mol. The highest BCUT2D eigenvalue weighted by molar-refractivity contribution is 5.96. The van der Waals surface area contributed by atoms with Crippen molar-refractivity contribution in [1.82, 2.24) is 0 Å². The molecule has 0 radical (unpaired) electrons. The lowest BCUT2D eigenvalue weighted by Crippen LogP contribution is -2.07. The Balaban J connectivity index is 2.72. The topological polar surface area (TPSA) is 26.3 Å². The number of halogens is 3. The third-order valence-corrected chi connectivity index (χ3v) is 3.13. The van der Waals surface area contributed by atoms with Crippen molar-refractivity contribution < 1.29 is 22.7 Å². The predicted molar refractivity (Wildman–Crippen MR) is 73.4 cm³/mol. The molecule has 0 aliphatic rings. The highest BCUT2D eigenvalue weighted by Crippen LogP contribution is 2.40. The number of hydrogen-bond acceptors (Lipinski definition) is 2. The molecule has 2 rings (SSSR count). The fraction of sp³-hybridized carbons (Fsp3) is 0.188. The Morgan fingerprint density at radius 1 is 1.05 bits per heavy atom. The first-order chi connectivity index (χ1) is 9.84. The number of carbonyl (C=O) groups excluding carboxylic acids is 1. The van der Waals surface area contributed by atoms with Crippen molar-refractivity contribution in [2.45, 2.75) is 13.1 Å². The van der Waals surface area contributed by atoms with Gasteiger partial charge >= 0.3 is 6.18 Å². The molecule has 2 aromatic rings. The molecule has 0 unspecified atom stereocenters. The van der Waals surface area contributed by atoms with Gasteiger partial charge in [0, 0.05) is 11.1 Å².